The minimum absolute atomic E-state index is 0.0309. The van der Waals surface area contributed by atoms with Crippen LogP contribution in [0.15, 0.2) is 42.5 Å². The lowest BCUT2D eigenvalue weighted by molar-refractivity contribution is -0.137. The van der Waals surface area contributed by atoms with Crippen molar-refractivity contribution in [1.82, 2.24) is 0 Å². The van der Waals surface area contributed by atoms with Gasteiger partial charge >= 0.3 is 6.18 Å². The highest BCUT2D eigenvalue weighted by molar-refractivity contribution is 6.31. The van der Waals surface area contributed by atoms with Gasteiger partial charge in [-0.15, -0.1) is 0 Å². The topological polar surface area (TPSA) is 55.1 Å². The molecule has 3 N–H and O–H groups in total. The minimum atomic E-state index is -4.54. The van der Waals surface area contributed by atoms with E-state index in [1.165, 1.54) is 30.3 Å². The fraction of sp³-hybridized carbons (Fsp3) is 0.0714. The summed E-state index contributed by atoms with van der Waals surface area (Å²) in [5, 5.41) is 2.25. The summed E-state index contributed by atoms with van der Waals surface area (Å²) in [6, 6.07) is 8.84. The molecule has 0 aliphatic carbocycles. The van der Waals surface area contributed by atoms with Crippen LogP contribution in [0.4, 0.5) is 24.5 Å². The van der Waals surface area contributed by atoms with E-state index < -0.39 is 17.6 Å². The Morgan fingerprint density at radius 2 is 1.71 bits per heavy atom. The Morgan fingerprint density at radius 1 is 1.10 bits per heavy atom. The van der Waals surface area contributed by atoms with Crippen molar-refractivity contribution in [3.63, 3.8) is 0 Å². The Bertz CT molecular complexity index is 669. The van der Waals surface area contributed by atoms with Crippen molar-refractivity contribution >= 4 is 28.9 Å². The van der Waals surface area contributed by atoms with Crippen molar-refractivity contribution in [3.05, 3.63) is 58.6 Å². The summed E-state index contributed by atoms with van der Waals surface area (Å²) in [7, 11) is 0. The van der Waals surface area contributed by atoms with Gasteiger partial charge in [-0.05, 0) is 42.5 Å². The molecule has 7 heteroatoms. The van der Waals surface area contributed by atoms with Crippen LogP contribution in [0, 0.1) is 0 Å². The second-order valence-electron chi connectivity index (χ2n) is 4.30. The van der Waals surface area contributed by atoms with E-state index in [4.69, 9.17) is 17.3 Å². The van der Waals surface area contributed by atoms with Crippen LogP contribution in [0.25, 0.3) is 0 Å². The zero-order valence-electron chi connectivity index (χ0n) is 10.5. The summed E-state index contributed by atoms with van der Waals surface area (Å²) >= 11 is 5.64. The number of rotatable bonds is 2. The van der Waals surface area contributed by atoms with Crippen LogP contribution >= 0.6 is 11.6 Å². The van der Waals surface area contributed by atoms with Gasteiger partial charge in [0.25, 0.3) is 5.91 Å². The molecule has 3 nitrogen and oxygen atoms in total. The van der Waals surface area contributed by atoms with Gasteiger partial charge in [0, 0.05) is 22.0 Å². The summed E-state index contributed by atoms with van der Waals surface area (Å²) in [5.41, 5.74) is 5.29. The number of carbonyl (C=O) groups excluding carboxylic acids is 1. The van der Waals surface area contributed by atoms with Crippen LogP contribution in [0.1, 0.15) is 15.9 Å². The molecule has 0 radical (unpaired) electrons. The largest absolute Gasteiger partial charge is 0.416 e. The number of nitrogens with two attached hydrogens (primary N) is 1. The number of nitrogen functional groups attached to an aromatic ring is 1. The highest BCUT2D eigenvalue weighted by Gasteiger charge is 2.31. The van der Waals surface area contributed by atoms with E-state index in [9.17, 15) is 18.0 Å². The Balaban J connectivity index is 2.25. The fourth-order valence-corrected chi connectivity index (χ4v) is 1.90. The van der Waals surface area contributed by atoms with Crippen LogP contribution in [-0.4, -0.2) is 5.91 Å². The molecule has 0 aliphatic heterocycles. The molecule has 0 atom stereocenters. The first-order valence-electron chi connectivity index (χ1n) is 5.80. The Hall–Kier alpha value is -2.21. The van der Waals surface area contributed by atoms with Crippen LogP contribution < -0.4 is 11.1 Å². The van der Waals surface area contributed by atoms with Gasteiger partial charge in [-0.25, -0.2) is 0 Å². The fourth-order valence-electron chi connectivity index (χ4n) is 1.66. The maximum absolute atomic E-state index is 12.7. The molecule has 0 saturated carbocycles. The third kappa shape index (κ3) is 3.88. The van der Waals surface area contributed by atoms with Crippen molar-refractivity contribution in [2.24, 2.45) is 0 Å². The number of hydrogen-bond acceptors (Lipinski definition) is 2. The summed E-state index contributed by atoms with van der Waals surface area (Å²) in [6.45, 7) is 0. The molecule has 0 unspecified atom stereocenters. The van der Waals surface area contributed by atoms with Crippen molar-refractivity contribution in [3.8, 4) is 0 Å². The molecule has 2 aromatic carbocycles. The first-order valence-corrected chi connectivity index (χ1v) is 6.18. The molecule has 0 spiro atoms. The lowest BCUT2D eigenvalue weighted by Crippen LogP contribution is -2.13. The van der Waals surface area contributed by atoms with E-state index >= 15 is 0 Å². The zero-order valence-corrected chi connectivity index (χ0v) is 11.3. The molecule has 1 amide bonds. The maximum atomic E-state index is 12.7. The Labute approximate surface area is 123 Å². The van der Waals surface area contributed by atoms with Gasteiger partial charge in [0.2, 0.25) is 0 Å². The quantitative estimate of drug-likeness (QED) is 0.816. The predicted octanol–water partition coefficient (Wildman–Crippen LogP) is 4.19. The van der Waals surface area contributed by atoms with Crippen LogP contribution in [0.3, 0.4) is 0 Å². The van der Waals surface area contributed by atoms with Crippen LogP contribution in [0.5, 0.6) is 0 Å². The van der Waals surface area contributed by atoms with Crippen molar-refractivity contribution in [2.75, 3.05) is 11.1 Å². The van der Waals surface area contributed by atoms with E-state index in [1.54, 1.807) is 0 Å². The molecule has 0 aromatic heterocycles. The maximum Gasteiger partial charge on any atom is 0.416 e. The number of anilines is 2. The SMILES string of the molecule is Nc1ccc(C(=O)Nc2cc(Cl)cc(C(F)(F)F)c2)cc1. The molecule has 2 rings (SSSR count). The van der Waals surface area contributed by atoms with E-state index in [-0.39, 0.29) is 16.3 Å². The number of halogens is 4. The van der Waals surface area contributed by atoms with Crippen molar-refractivity contribution < 1.29 is 18.0 Å². The van der Waals surface area contributed by atoms with Gasteiger partial charge in [-0.1, -0.05) is 11.6 Å². The monoisotopic (exact) mass is 314 g/mol. The number of nitrogens with one attached hydrogen (secondary N) is 1. The van der Waals surface area contributed by atoms with Crippen molar-refractivity contribution in [1.29, 1.82) is 0 Å². The molecule has 21 heavy (non-hydrogen) atoms. The molecule has 0 heterocycles. The first-order chi connectivity index (χ1) is 9.75. The smallest absolute Gasteiger partial charge is 0.399 e. The average Bonchev–Trinajstić information content (AvgIpc) is 2.37. The van der Waals surface area contributed by atoms with Gasteiger partial charge in [0.05, 0.1) is 5.56 Å². The van der Waals surface area contributed by atoms with E-state index in [1.807, 2.05) is 0 Å². The number of alkyl halides is 3. The zero-order chi connectivity index (χ0) is 15.6. The molecule has 0 saturated heterocycles. The summed E-state index contributed by atoms with van der Waals surface area (Å²) in [5.74, 6) is -0.551. The minimum Gasteiger partial charge on any atom is -0.399 e. The average molecular weight is 315 g/mol. The predicted molar refractivity (Wildman–Crippen MR) is 75.3 cm³/mol. The molecule has 0 bridgehead atoms. The second kappa shape index (κ2) is 5.65. The Morgan fingerprint density at radius 3 is 2.29 bits per heavy atom. The summed E-state index contributed by atoms with van der Waals surface area (Å²) in [4.78, 5) is 11.9. The number of hydrogen-bond donors (Lipinski definition) is 2. The van der Waals surface area contributed by atoms with Gasteiger partial charge in [0.15, 0.2) is 0 Å². The highest BCUT2D eigenvalue weighted by Crippen LogP contribution is 2.33. The number of amides is 1. The molecule has 2 aromatic rings. The Kier molecular flexibility index (Phi) is 4.09. The van der Waals surface area contributed by atoms with E-state index in [2.05, 4.69) is 5.32 Å². The number of benzene rings is 2. The van der Waals surface area contributed by atoms with Crippen LogP contribution in [0.2, 0.25) is 5.02 Å². The molecule has 0 aliphatic rings. The molecular formula is C14H10ClF3N2O. The number of carbonyl (C=O) groups is 1. The molecule has 0 fully saturated rings. The van der Waals surface area contributed by atoms with E-state index in [0.717, 1.165) is 12.1 Å². The second-order valence-corrected chi connectivity index (χ2v) is 4.74. The van der Waals surface area contributed by atoms with Gasteiger partial charge in [0.1, 0.15) is 0 Å². The van der Waals surface area contributed by atoms with Crippen LogP contribution in [-0.2, 0) is 6.18 Å². The van der Waals surface area contributed by atoms with E-state index in [0.29, 0.717) is 5.69 Å². The third-order valence-corrected chi connectivity index (χ3v) is 2.87. The van der Waals surface area contributed by atoms with Gasteiger partial charge in [-0.2, -0.15) is 13.2 Å². The lowest BCUT2D eigenvalue weighted by Gasteiger charge is -2.11. The standard InChI is InChI=1S/C14H10ClF3N2O/c15-10-5-9(14(16,17)18)6-12(7-10)20-13(21)8-1-3-11(19)4-2-8/h1-7H,19H2,(H,20,21). The molecule has 110 valence electrons. The summed E-state index contributed by atoms with van der Waals surface area (Å²) in [6.07, 6.45) is -4.54. The molecular weight excluding hydrogens is 305 g/mol. The van der Waals surface area contributed by atoms with Gasteiger partial charge in [-0.3, -0.25) is 4.79 Å². The van der Waals surface area contributed by atoms with Gasteiger partial charge < -0.3 is 11.1 Å². The van der Waals surface area contributed by atoms with Crippen molar-refractivity contribution in [2.45, 2.75) is 6.18 Å². The highest BCUT2D eigenvalue weighted by atomic mass is 35.5. The first kappa shape index (κ1) is 15.2. The summed E-state index contributed by atoms with van der Waals surface area (Å²) < 4.78 is 38.0. The normalized spacial score (nSPS) is 11.2. The lowest BCUT2D eigenvalue weighted by atomic mass is 10.1. The third-order valence-electron chi connectivity index (χ3n) is 2.66.